The van der Waals surface area contributed by atoms with Crippen LogP contribution in [0.15, 0.2) is 83.3 Å². The highest BCUT2D eigenvalue weighted by Crippen LogP contribution is 2.43. The number of rotatable bonds is 4. The molecule has 0 saturated heterocycles. The third-order valence-electron chi connectivity index (χ3n) is 5.57. The SMILES string of the molecule is Cc1ccc(-c2n[nH]c3c2C(c2ccc(Br)cc2)N(Cc2ccccc2)C3=O)cc1. The fraction of sp³-hybridized carbons (Fsp3) is 0.120. The van der Waals surface area contributed by atoms with E-state index in [1.165, 1.54) is 5.56 Å². The van der Waals surface area contributed by atoms with Gasteiger partial charge in [-0.2, -0.15) is 5.10 Å². The quantitative estimate of drug-likeness (QED) is 0.415. The lowest BCUT2D eigenvalue weighted by Crippen LogP contribution is -2.29. The summed E-state index contributed by atoms with van der Waals surface area (Å²) in [6.45, 7) is 2.60. The average Bonchev–Trinajstić information content (AvgIpc) is 3.30. The van der Waals surface area contributed by atoms with Gasteiger partial charge in [0.05, 0.1) is 11.7 Å². The number of nitrogens with zero attached hydrogens (tertiary/aromatic N) is 2. The fourth-order valence-corrected chi connectivity index (χ4v) is 4.33. The number of fused-ring (bicyclic) bond motifs is 1. The van der Waals surface area contributed by atoms with Gasteiger partial charge >= 0.3 is 0 Å². The van der Waals surface area contributed by atoms with Crippen molar-refractivity contribution < 1.29 is 4.79 Å². The van der Waals surface area contributed by atoms with Gasteiger partial charge in [-0.15, -0.1) is 0 Å². The Kier molecular flexibility index (Phi) is 4.75. The number of nitrogens with one attached hydrogen (secondary N) is 1. The van der Waals surface area contributed by atoms with Crippen molar-refractivity contribution in [3.05, 3.63) is 111 Å². The average molecular weight is 458 g/mol. The molecule has 0 spiro atoms. The van der Waals surface area contributed by atoms with Gasteiger partial charge in [0.25, 0.3) is 5.91 Å². The zero-order chi connectivity index (χ0) is 20.7. The molecule has 1 N–H and O–H groups in total. The van der Waals surface area contributed by atoms with Crippen molar-refractivity contribution in [2.24, 2.45) is 0 Å². The van der Waals surface area contributed by atoms with E-state index in [1.807, 2.05) is 35.2 Å². The topological polar surface area (TPSA) is 49.0 Å². The van der Waals surface area contributed by atoms with Crippen LogP contribution in [0.3, 0.4) is 0 Å². The number of carbonyl (C=O) groups excluding carboxylic acids is 1. The highest BCUT2D eigenvalue weighted by atomic mass is 79.9. The maximum atomic E-state index is 13.4. The van der Waals surface area contributed by atoms with Crippen molar-refractivity contribution in [1.82, 2.24) is 15.1 Å². The van der Waals surface area contributed by atoms with Crippen LogP contribution in [0.1, 0.15) is 38.8 Å². The number of halogens is 1. The van der Waals surface area contributed by atoms with Gasteiger partial charge in [-0.1, -0.05) is 88.2 Å². The van der Waals surface area contributed by atoms with Gasteiger partial charge < -0.3 is 4.90 Å². The number of aromatic nitrogens is 2. The smallest absolute Gasteiger partial charge is 0.273 e. The van der Waals surface area contributed by atoms with Crippen LogP contribution in [0.2, 0.25) is 0 Å². The van der Waals surface area contributed by atoms with E-state index in [-0.39, 0.29) is 11.9 Å². The second-order valence-electron chi connectivity index (χ2n) is 7.60. The summed E-state index contributed by atoms with van der Waals surface area (Å²) in [5.41, 5.74) is 6.73. The summed E-state index contributed by atoms with van der Waals surface area (Å²) >= 11 is 3.52. The van der Waals surface area contributed by atoms with Crippen molar-refractivity contribution >= 4 is 21.8 Å². The first-order valence-electron chi connectivity index (χ1n) is 9.87. The number of H-pyrrole nitrogens is 1. The number of hydrogen-bond acceptors (Lipinski definition) is 2. The summed E-state index contributed by atoms with van der Waals surface area (Å²) in [6.07, 6.45) is 0. The number of aryl methyl sites for hydroxylation is 1. The predicted octanol–water partition coefficient (Wildman–Crippen LogP) is 5.89. The van der Waals surface area contributed by atoms with Gasteiger partial charge in [-0.25, -0.2) is 0 Å². The molecule has 30 heavy (non-hydrogen) atoms. The lowest BCUT2D eigenvalue weighted by molar-refractivity contribution is 0.0730. The molecule has 2 heterocycles. The van der Waals surface area contributed by atoms with E-state index < -0.39 is 0 Å². The largest absolute Gasteiger partial charge is 0.322 e. The monoisotopic (exact) mass is 457 g/mol. The third kappa shape index (κ3) is 3.25. The van der Waals surface area contributed by atoms with E-state index in [1.54, 1.807) is 0 Å². The fourth-order valence-electron chi connectivity index (χ4n) is 4.06. The molecule has 1 amide bonds. The van der Waals surface area contributed by atoms with Gasteiger partial charge in [-0.3, -0.25) is 9.89 Å². The number of amides is 1. The molecule has 0 fully saturated rings. The summed E-state index contributed by atoms with van der Waals surface area (Å²) in [5, 5.41) is 7.57. The summed E-state index contributed by atoms with van der Waals surface area (Å²) < 4.78 is 1.01. The minimum atomic E-state index is -0.198. The molecule has 4 aromatic rings. The minimum absolute atomic E-state index is 0.0207. The Morgan fingerprint density at radius 3 is 2.37 bits per heavy atom. The van der Waals surface area contributed by atoms with E-state index in [9.17, 15) is 4.79 Å². The van der Waals surface area contributed by atoms with Crippen LogP contribution >= 0.6 is 15.9 Å². The Hall–Kier alpha value is -3.18. The molecule has 4 nitrogen and oxygen atoms in total. The van der Waals surface area contributed by atoms with E-state index in [0.29, 0.717) is 12.2 Å². The molecule has 5 heteroatoms. The van der Waals surface area contributed by atoms with Crippen LogP contribution in [0, 0.1) is 6.92 Å². The Morgan fingerprint density at radius 2 is 1.67 bits per heavy atom. The second-order valence-corrected chi connectivity index (χ2v) is 8.52. The third-order valence-corrected chi connectivity index (χ3v) is 6.10. The molecule has 1 aromatic heterocycles. The maximum Gasteiger partial charge on any atom is 0.273 e. The molecule has 148 valence electrons. The van der Waals surface area contributed by atoms with Crippen LogP contribution in [0.5, 0.6) is 0 Å². The molecule has 0 aliphatic carbocycles. The zero-order valence-corrected chi connectivity index (χ0v) is 18.1. The van der Waals surface area contributed by atoms with Gasteiger partial charge in [0.2, 0.25) is 0 Å². The maximum absolute atomic E-state index is 13.4. The summed E-state index contributed by atoms with van der Waals surface area (Å²) in [6, 6.07) is 26.4. The molecule has 5 rings (SSSR count). The number of carbonyl (C=O) groups is 1. The Labute approximate surface area is 183 Å². The van der Waals surface area contributed by atoms with Crippen molar-refractivity contribution in [3.8, 4) is 11.3 Å². The molecule has 1 unspecified atom stereocenters. The molecule has 0 saturated carbocycles. The predicted molar refractivity (Wildman–Crippen MR) is 121 cm³/mol. The van der Waals surface area contributed by atoms with Crippen molar-refractivity contribution in [2.45, 2.75) is 19.5 Å². The lowest BCUT2D eigenvalue weighted by atomic mass is 9.95. The zero-order valence-electron chi connectivity index (χ0n) is 16.5. The number of aromatic amines is 1. The summed E-state index contributed by atoms with van der Waals surface area (Å²) in [5.74, 6) is -0.0207. The van der Waals surface area contributed by atoms with Crippen LogP contribution in [0.4, 0.5) is 0 Å². The van der Waals surface area contributed by atoms with Gasteiger partial charge in [0.1, 0.15) is 5.69 Å². The van der Waals surface area contributed by atoms with E-state index in [0.717, 1.165) is 32.4 Å². The van der Waals surface area contributed by atoms with Crippen LogP contribution < -0.4 is 0 Å². The van der Waals surface area contributed by atoms with Crippen LogP contribution in [-0.4, -0.2) is 21.0 Å². The minimum Gasteiger partial charge on any atom is -0.322 e. The molecular weight excluding hydrogens is 438 g/mol. The van der Waals surface area contributed by atoms with Gasteiger partial charge in [0, 0.05) is 22.1 Å². The number of benzene rings is 3. The Morgan fingerprint density at radius 1 is 0.967 bits per heavy atom. The van der Waals surface area contributed by atoms with E-state index >= 15 is 0 Å². The lowest BCUT2D eigenvalue weighted by Gasteiger charge is -2.26. The molecule has 0 bridgehead atoms. The van der Waals surface area contributed by atoms with Crippen molar-refractivity contribution in [2.75, 3.05) is 0 Å². The molecule has 1 aliphatic heterocycles. The molecule has 3 aromatic carbocycles. The van der Waals surface area contributed by atoms with Crippen molar-refractivity contribution in [3.63, 3.8) is 0 Å². The molecule has 1 aliphatic rings. The number of hydrogen-bond donors (Lipinski definition) is 1. The first-order valence-corrected chi connectivity index (χ1v) is 10.7. The summed E-state index contributed by atoms with van der Waals surface area (Å²) in [7, 11) is 0. The van der Waals surface area contributed by atoms with Crippen LogP contribution in [-0.2, 0) is 6.54 Å². The summed E-state index contributed by atoms with van der Waals surface area (Å²) in [4.78, 5) is 15.3. The normalized spacial score (nSPS) is 15.5. The highest BCUT2D eigenvalue weighted by molar-refractivity contribution is 9.10. The van der Waals surface area contributed by atoms with Gasteiger partial charge in [-0.05, 0) is 30.2 Å². The Balaban J connectivity index is 1.64. The van der Waals surface area contributed by atoms with Crippen LogP contribution in [0.25, 0.3) is 11.3 Å². The first kappa shape index (κ1) is 18.8. The second kappa shape index (κ2) is 7.58. The van der Waals surface area contributed by atoms with E-state index in [4.69, 9.17) is 0 Å². The first-order chi connectivity index (χ1) is 14.6. The van der Waals surface area contributed by atoms with Crippen molar-refractivity contribution in [1.29, 1.82) is 0 Å². The van der Waals surface area contributed by atoms with E-state index in [2.05, 4.69) is 81.6 Å². The Bertz CT molecular complexity index is 1200. The highest BCUT2D eigenvalue weighted by Gasteiger charge is 2.42. The molecular formula is C25H20BrN3O. The molecule has 0 radical (unpaired) electrons. The standard InChI is InChI=1S/C25H20BrN3O/c1-16-7-9-18(10-8-16)22-21-23(28-27-22)25(30)29(15-17-5-3-2-4-6-17)24(21)19-11-13-20(26)14-12-19/h2-14,24H,15H2,1H3,(H,27,28). The van der Waals surface area contributed by atoms with Gasteiger partial charge in [0.15, 0.2) is 0 Å². The molecule has 1 atom stereocenters.